The van der Waals surface area contributed by atoms with Gasteiger partial charge in [0.2, 0.25) is 0 Å². The summed E-state index contributed by atoms with van der Waals surface area (Å²) in [6.45, 7) is 1.42. The highest BCUT2D eigenvalue weighted by atomic mass is 16.3. The largest absolute Gasteiger partial charge is 0.512 e. The van der Waals surface area contributed by atoms with Gasteiger partial charge in [-0.3, -0.25) is 4.79 Å². The van der Waals surface area contributed by atoms with Gasteiger partial charge < -0.3 is 10.8 Å². The highest BCUT2D eigenvalue weighted by Gasteiger charge is 2.13. The van der Waals surface area contributed by atoms with E-state index in [-0.39, 0.29) is 11.5 Å². The SMILES string of the molecule is CC(=O)C1=C(O)CCC(N)=C1. The fraction of sp³-hybridized carbons (Fsp3) is 0.375. The molecule has 0 atom stereocenters. The number of carbonyl (C=O) groups is 1. The molecule has 3 N–H and O–H groups in total. The van der Waals surface area contributed by atoms with Gasteiger partial charge in [-0.15, -0.1) is 0 Å². The molecule has 0 unspecified atom stereocenters. The van der Waals surface area contributed by atoms with E-state index in [1.807, 2.05) is 0 Å². The van der Waals surface area contributed by atoms with Crippen molar-refractivity contribution in [2.24, 2.45) is 5.73 Å². The average molecular weight is 153 g/mol. The Bertz CT molecular complexity index is 251. The first kappa shape index (κ1) is 7.85. The third-order valence-corrected chi connectivity index (χ3v) is 1.67. The number of ketones is 1. The summed E-state index contributed by atoms with van der Waals surface area (Å²) in [7, 11) is 0. The van der Waals surface area contributed by atoms with E-state index in [4.69, 9.17) is 5.73 Å². The third-order valence-electron chi connectivity index (χ3n) is 1.67. The van der Waals surface area contributed by atoms with E-state index in [0.29, 0.717) is 24.1 Å². The van der Waals surface area contributed by atoms with Crippen LogP contribution in [0.1, 0.15) is 19.8 Å². The molecule has 0 aromatic carbocycles. The maximum atomic E-state index is 10.8. The molecule has 3 heteroatoms. The van der Waals surface area contributed by atoms with Crippen molar-refractivity contribution in [3.05, 3.63) is 23.1 Å². The van der Waals surface area contributed by atoms with Gasteiger partial charge in [-0.2, -0.15) is 0 Å². The second kappa shape index (κ2) is 2.78. The molecule has 0 amide bonds. The molecule has 1 rings (SSSR count). The van der Waals surface area contributed by atoms with Crippen LogP contribution in [-0.2, 0) is 4.79 Å². The summed E-state index contributed by atoms with van der Waals surface area (Å²) in [4.78, 5) is 10.8. The summed E-state index contributed by atoms with van der Waals surface area (Å²) in [5.74, 6) is 0.0249. The molecule has 11 heavy (non-hydrogen) atoms. The second-order valence-corrected chi connectivity index (χ2v) is 2.64. The Kier molecular flexibility index (Phi) is 1.98. The summed E-state index contributed by atoms with van der Waals surface area (Å²) < 4.78 is 0. The van der Waals surface area contributed by atoms with Crippen molar-refractivity contribution in [1.29, 1.82) is 0 Å². The van der Waals surface area contributed by atoms with Crippen LogP contribution in [0.25, 0.3) is 0 Å². The first-order valence-electron chi connectivity index (χ1n) is 3.50. The predicted molar refractivity (Wildman–Crippen MR) is 41.8 cm³/mol. The summed E-state index contributed by atoms with van der Waals surface area (Å²) >= 11 is 0. The van der Waals surface area contributed by atoms with Crippen molar-refractivity contribution in [3.8, 4) is 0 Å². The van der Waals surface area contributed by atoms with Crippen LogP contribution < -0.4 is 5.73 Å². The molecule has 1 aliphatic carbocycles. The van der Waals surface area contributed by atoms with E-state index in [1.165, 1.54) is 6.92 Å². The Morgan fingerprint density at radius 3 is 2.73 bits per heavy atom. The van der Waals surface area contributed by atoms with E-state index in [1.54, 1.807) is 6.08 Å². The minimum atomic E-state index is -0.134. The monoisotopic (exact) mass is 153 g/mol. The summed E-state index contributed by atoms with van der Waals surface area (Å²) in [5, 5.41) is 9.22. The molecule has 0 spiro atoms. The number of nitrogens with two attached hydrogens (primary N) is 1. The van der Waals surface area contributed by atoms with Crippen LogP contribution in [0.4, 0.5) is 0 Å². The van der Waals surface area contributed by atoms with Crippen molar-refractivity contribution in [1.82, 2.24) is 0 Å². The Morgan fingerprint density at radius 1 is 1.64 bits per heavy atom. The van der Waals surface area contributed by atoms with Crippen molar-refractivity contribution >= 4 is 5.78 Å². The number of Topliss-reactive ketones (excluding diaryl/α,β-unsaturated/α-hetero) is 1. The van der Waals surface area contributed by atoms with Gasteiger partial charge in [-0.1, -0.05) is 0 Å². The first-order chi connectivity index (χ1) is 5.11. The number of hydrogen-bond donors (Lipinski definition) is 2. The zero-order valence-electron chi connectivity index (χ0n) is 6.42. The third kappa shape index (κ3) is 1.61. The highest BCUT2D eigenvalue weighted by Crippen LogP contribution is 2.19. The van der Waals surface area contributed by atoms with E-state index in [0.717, 1.165) is 0 Å². The molecule has 0 radical (unpaired) electrons. The van der Waals surface area contributed by atoms with Gasteiger partial charge in [0.15, 0.2) is 5.78 Å². The molecule has 0 aliphatic heterocycles. The predicted octanol–water partition coefficient (Wildman–Crippen LogP) is 1.02. The minimum absolute atomic E-state index is 0.134. The van der Waals surface area contributed by atoms with Gasteiger partial charge in [0.25, 0.3) is 0 Å². The standard InChI is InChI=1S/C8H11NO2/c1-5(10)7-4-6(9)2-3-8(7)11/h4,11H,2-3,9H2,1H3. The zero-order valence-corrected chi connectivity index (χ0v) is 6.42. The molecule has 0 heterocycles. The van der Waals surface area contributed by atoms with E-state index in [2.05, 4.69) is 0 Å². The lowest BCUT2D eigenvalue weighted by molar-refractivity contribution is -0.113. The van der Waals surface area contributed by atoms with Crippen molar-refractivity contribution in [2.75, 3.05) is 0 Å². The smallest absolute Gasteiger partial charge is 0.163 e. The minimum Gasteiger partial charge on any atom is -0.512 e. The van der Waals surface area contributed by atoms with Crippen LogP contribution >= 0.6 is 0 Å². The molecule has 0 saturated carbocycles. The maximum Gasteiger partial charge on any atom is 0.163 e. The van der Waals surface area contributed by atoms with E-state index in [9.17, 15) is 9.90 Å². The van der Waals surface area contributed by atoms with Gasteiger partial charge >= 0.3 is 0 Å². The van der Waals surface area contributed by atoms with Crippen LogP contribution in [0, 0.1) is 0 Å². The van der Waals surface area contributed by atoms with Gasteiger partial charge in [-0.25, -0.2) is 0 Å². The molecule has 3 nitrogen and oxygen atoms in total. The molecule has 0 bridgehead atoms. The zero-order chi connectivity index (χ0) is 8.43. The Labute approximate surface area is 65.2 Å². The maximum absolute atomic E-state index is 10.8. The lowest BCUT2D eigenvalue weighted by Gasteiger charge is -2.11. The van der Waals surface area contributed by atoms with Crippen LogP contribution in [0.2, 0.25) is 0 Å². The Balaban J connectivity index is 2.98. The fourth-order valence-electron chi connectivity index (χ4n) is 1.04. The Hall–Kier alpha value is -1.25. The molecule has 0 fully saturated rings. The molecule has 0 aromatic heterocycles. The number of rotatable bonds is 1. The molecule has 0 saturated heterocycles. The Morgan fingerprint density at radius 2 is 2.27 bits per heavy atom. The average Bonchev–Trinajstić information content (AvgIpc) is 1.94. The first-order valence-corrected chi connectivity index (χ1v) is 3.50. The van der Waals surface area contributed by atoms with Crippen LogP contribution in [0.5, 0.6) is 0 Å². The number of aliphatic hydroxyl groups excluding tert-OH is 1. The van der Waals surface area contributed by atoms with Crippen LogP contribution in [0.3, 0.4) is 0 Å². The molecular formula is C8H11NO2. The number of aliphatic hydroxyl groups is 1. The van der Waals surface area contributed by atoms with Gasteiger partial charge in [0.1, 0.15) is 5.76 Å². The van der Waals surface area contributed by atoms with E-state index >= 15 is 0 Å². The number of allylic oxidation sites excluding steroid dienone is 4. The van der Waals surface area contributed by atoms with Crippen molar-refractivity contribution in [3.63, 3.8) is 0 Å². The molecular weight excluding hydrogens is 142 g/mol. The fourth-order valence-corrected chi connectivity index (χ4v) is 1.04. The molecule has 60 valence electrons. The summed E-state index contributed by atoms with van der Waals surface area (Å²) in [5.41, 5.74) is 6.50. The lowest BCUT2D eigenvalue weighted by atomic mass is 10.0. The molecule has 0 aromatic rings. The van der Waals surface area contributed by atoms with Gasteiger partial charge in [0, 0.05) is 12.1 Å². The highest BCUT2D eigenvalue weighted by molar-refractivity contribution is 5.96. The van der Waals surface area contributed by atoms with Crippen molar-refractivity contribution in [2.45, 2.75) is 19.8 Å². The number of carbonyl (C=O) groups excluding carboxylic acids is 1. The lowest BCUT2D eigenvalue weighted by Crippen LogP contribution is -2.09. The molecule has 1 aliphatic rings. The van der Waals surface area contributed by atoms with E-state index < -0.39 is 0 Å². The van der Waals surface area contributed by atoms with Gasteiger partial charge in [0.05, 0.1) is 5.57 Å². The summed E-state index contributed by atoms with van der Waals surface area (Å²) in [6, 6.07) is 0. The van der Waals surface area contributed by atoms with Gasteiger partial charge in [-0.05, 0) is 19.4 Å². The number of hydrogen-bond acceptors (Lipinski definition) is 3. The summed E-state index contributed by atoms with van der Waals surface area (Å²) in [6.07, 6.45) is 2.67. The second-order valence-electron chi connectivity index (χ2n) is 2.64. The van der Waals surface area contributed by atoms with Crippen LogP contribution in [-0.4, -0.2) is 10.9 Å². The van der Waals surface area contributed by atoms with Crippen molar-refractivity contribution < 1.29 is 9.90 Å². The normalized spacial score (nSPS) is 18.1. The van der Waals surface area contributed by atoms with Crippen LogP contribution in [0.15, 0.2) is 23.1 Å². The quantitative estimate of drug-likeness (QED) is 0.591. The topological polar surface area (TPSA) is 63.3 Å².